The zero-order valence-corrected chi connectivity index (χ0v) is 48.7. The van der Waals surface area contributed by atoms with Gasteiger partial charge in [-0.3, -0.25) is 34.9 Å². The first-order valence-corrected chi connectivity index (χ1v) is 28.8. The van der Waals surface area contributed by atoms with Crippen molar-refractivity contribution < 1.29 is 40.6 Å². The summed E-state index contributed by atoms with van der Waals surface area (Å²) in [6.07, 6.45) is 4.71. The van der Waals surface area contributed by atoms with Crippen molar-refractivity contribution in [3.63, 3.8) is 0 Å². The molecule has 0 aromatic rings. The van der Waals surface area contributed by atoms with Crippen molar-refractivity contribution in [3.8, 4) is 0 Å². The van der Waals surface area contributed by atoms with E-state index in [4.69, 9.17) is 14.2 Å². The van der Waals surface area contributed by atoms with Crippen LogP contribution < -0.4 is 5.32 Å². The maximum Gasteiger partial charge on any atom is 0.411 e. The molecule has 1 N–H and O–H groups in total. The van der Waals surface area contributed by atoms with Crippen molar-refractivity contribution in [3.05, 3.63) is 0 Å². The van der Waals surface area contributed by atoms with Crippen LogP contribution >= 0.6 is 35.3 Å². The molecule has 0 aromatic carbocycles. The van der Waals surface area contributed by atoms with Gasteiger partial charge in [-0.15, -0.1) is 23.5 Å². The molecule has 10 aliphatic heterocycles. The highest BCUT2D eigenvalue weighted by atomic mass is 32.2. The largest absolute Gasteiger partial charge is 0.481 e. The van der Waals surface area contributed by atoms with Crippen LogP contribution in [0, 0.1) is 0 Å². The fraction of sp³-hybridized carbons (Fsp3) is 0.880. The molecule has 0 aliphatic carbocycles. The number of amidine groups is 1. The Morgan fingerprint density at radius 2 is 1.30 bits per heavy atom. The van der Waals surface area contributed by atoms with Crippen molar-refractivity contribution in [2.24, 2.45) is 30.0 Å². The van der Waals surface area contributed by atoms with Gasteiger partial charge >= 0.3 is 12.4 Å². The molecule has 10 heterocycles. The lowest BCUT2D eigenvalue weighted by atomic mass is 10.2. The van der Waals surface area contributed by atoms with Gasteiger partial charge in [-0.25, -0.2) is 0 Å². The van der Waals surface area contributed by atoms with Gasteiger partial charge < -0.3 is 34.2 Å². The molecular formula is C50H93F6N11O3S3. The Morgan fingerprint density at radius 3 is 1.53 bits per heavy atom. The van der Waals surface area contributed by atoms with E-state index in [1.165, 1.54) is 107 Å². The SMILES string of the molecule is CC1=NC(C(F)(F)F)CS1.CC1=NCC(C(F)(F)F)S1.CC1=NCCC1.CC1=NCCCN1.CC1=NCCCO1.CC1=NCCCS1.CN1CCC1.CN1CCCC1.CN1CCOC1.COCC1CCCN1C. The number of nitrogens with one attached hydrogen (secondary N) is 1. The molecule has 426 valence electrons. The van der Waals surface area contributed by atoms with E-state index in [1.807, 2.05) is 32.7 Å². The summed E-state index contributed by atoms with van der Waals surface area (Å²) < 4.78 is 86.0. The van der Waals surface area contributed by atoms with Crippen molar-refractivity contribution in [1.82, 2.24) is 24.9 Å². The number of hydrogen-bond acceptors (Lipinski definition) is 17. The number of nitrogens with zero attached hydrogens (tertiary/aromatic N) is 10. The van der Waals surface area contributed by atoms with Crippen LogP contribution in [0.4, 0.5) is 26.3 Å². The molecule has 3 atom stereocenters. The molecule has 0 radical (unpaired) electrons. The molecule has 4 saturated heterocycles. The zero-order chi connectivity index (χ0) is 54.5. The van der Waals surface area contributed by atoms with Crippen molar-refractivity contribution >= 4 is 67.9 Å². The van der Waals surface area contributed by atoms with E-state index in [-0.39, 0.29) is 12.3 Å². The molecule has 10 rings (SSSR count). The van der Waals surface area contributed by atoms with E-state index in [9.17, 15) is 26.3 Å². The monoisotopic (exact) mass is 1110 g/mol. The minimum absolute atomic E-state index is 0.0509. The van der Waals surface area contributed by atoms with Gasteiger partial charge in [-0.1, -0.05) is 11.8 Å². The van der Waals surface area contributed by atoms with Crippen molar-refractivity contribution in [2.75, 3.05) is 152 Å². The van der Waals surface area contributed by atoms with Crippen molar-refractivity contribution in [2.45, 2.75) is 135 Å². The topological polar surface area (TPSA) is 127 Å². The zero-order valence-electron chi connectivity index (χ0n) is 46.2. The molecule has 23 heteroatoms. The van der Waals surface area contributed by atoms with Crippen LogP contribution in [0.15, 0.2) is 30.0 Å². The van der Waals surface area contributed by atoms with E-state index in [2.05, 4.69) is 89.9 Å². The van der Waals surface area contributed by atoms with E-state index >= 15 is 0 Å². The maximum absolute atomic E-state index is 11.8. The predicted molar refractivity (Wildman–Crippen MR) is 302 cm³/mol. The molecule has 4 fully saturated rings. The van der Waals surface area contributed by atoms with Crippen molar-refractivity contribution in [1.29, 1.82) is 0 Å². The van der Waals surface area contributed by atoms with Gasteiger partial charge in [-0.05, 0) is 153 Å². The van der Waals surface area contributed by atoms with Gasteiger partial charge in [0.25, 0.3) is 0 Å². The minimum Gasteiger partial charge on any atom is -0.481 e. The first-order chi connectivity index (χ1) is 34.6. The number of rotatable bonds is 2. The van der Waals surface area contributed by atoms with Gasteiger partial charge in [-0.2, -0.15) is 26.3 Å². The number of halogens is 6. The number of thioether (sulfide) groups is 3. The quantitative estimate of drug-likeness (QED) is 0.266. The highest BCUT2D eigenvalue weighted by Gasteiger charge is 2.43. The molecule has 0 amide bonds. The van der Waals surface area contributed by atoms with Gasteiger partial charge in [0.1, 0.15) is 5.25 Å². The Kier molecular flexibility index (Phi) is 38.9. The van der Waals surface area contributed by atoms with Crippen LogP contribution in [0.5, 0.6) is 0 Å². The third-order valence-electron chi connectivity index (χ3n) is 11.7. The molecular weight excluding hydrogens is 1010 g/mol. The summed E-state index contributed by atoms with van der Waals surface area (Å²) in [6.45, 7) is 27.4. The van der Waals surface area contributed by atoms with Gasteiger partial charge in [0.15, 0.2) is 11.9 Å². The third kappa shape index (κ3) is 38.3. The summed E-state index contributed by atoms with van der Waals surface area (Å²) >= 11 is 3.83. The Morgan fingerprint density at radius 1 is 0.644 bits per heavy atom. The number of likely N-dealkylation sites (N-methyl/N-ethyl adjacent to an activating group) is 2. The van der Waals surface area contributed by atoms with Crippen LogP contribution in [0.2, 0.25) is 0 Å². The second-order valence-corrected chi connectivity index (χ2v) is 22.6. The summed E-state index contributed by atoms with van der Waals surface area (Å²) in [6, 6.07) is -0.771. The summed E-state index contributed by atoms with van der Waals surface area (Å²) in [5.41, 5.74) is 1.33. The Balaban J connectivity index is 0.000000408. The first kappa shape index (κ1) is 69.0. The molecule has 0 spiro atoms. The highest BCUT2D eigenvalue weighted by Crippen LogP contribution is 2.35. The van der Waals surface area contributed by atoms with Crippen LogP contribution in [0.25, 0.3) is 0 Å². The average Bonchev–Trinajstić information content (AvgIpc) is 4.22. The van der Waals surface area contributed by atoms with Gasteiger partial charge in [0, 0.05) is 83.0 Å². The standard InChI is InChI=1S/C7H15NO.2C5H6F3NS.C5H10N2.C5H9NO.C5H9NS.C5H11N.C5H9N.C4H9NO.C4H9N/c1-8-5-3-4-7(8)6-9-2;1-3-9-4(2-10-3)5(6,7)8;1-3-9-2-4(10-3)5(6,7)8;3*1-5-6-3-2-4-7-5;1-6-4-2-3-5-6;1-5-3-2-4-6-5;1-5-2-3-6-4-5;1-5-3-2-4-5/h7H,3-6H2,1-2H3;2*4H,2H2,1H3;2-4H2,1H3,(H,6,7);2*2-4H2,1H3;2-5H2,1H3;2*2-4H2,1H3;2-4H2,1H3. The van der Waals surface area contributed by atoms with Crippen LogP contribution in [-0.4, -0.2) is 234 Å². The molecule has 14 nitrogen and oxygen atoms in total. The molecule has 0 saturated carbocycles. The number of ether oxygens (including phenoxy) is 3. The summed E-state index contributed by atoms with van der Waals surface area (Å²) in [5.74, 6) is 3.25. The normalized spacial score (nSPS) is 24.6. The molecule has 10 aliphatic rings. The van der Waals surface area contributed by atoms with Crippen LogP contribution in [0.3, 0.4) is 0 Å². The molecule has 73 heavy (non-hydrogen) atoms. The second kappa shape index (κ2) is 41.2. The van der Waals surface area contributed by atoms with E-state index in [0.717, 1.165) is 107 Å². The molecule has 0 aromatic heterocycles. The fourth-order valence-corrected chi connectivity index (χ4v) is 9.49. The molecule has 3 unspecified atom stereocenters. The lowest BCUT2D eigenvalue weighted by molar-refractivity contribution is -0.141. The second-order valence-electron chi connectivity index (χ2n) is 18.7. The van der Waals surface area contributed by atoms with E-state index in [1.54, 1.807) is 21.0 Å². The number of alkyl halides is 6. The fourth-order valence-electron chi connectivity index (χ4n) is 7.03. The number of methoxy groups -OCH3 is 1. The number of aliphatic imine (C=N–C) groups is 6. The minimum atomic E-state index is -4.15. The maximum atomic E-state index is 11.8. The van der Waals surface area contributed by atoms with Crippen LogP contribution in [-0.2, 0) is 14.2 Å². The third-order valence-corrected chi connectivity index (χ3v) is 14.9. The van der Waals surface area contributed by atoms with Crippen LogP contribution in [0.1, 0.15) is 106 Å². The Bertz CT molecular complexity index is 1560. The Labute approximate surface area is 448 Å². The molecule has 0 bridgehead atoms. The van der Waals surface area contributed by atoms with E-state index < -0.39 is 23.6 Å². The smallest absolute Gasteiger partial charge is 0.411 e. The lowest BCUT2D eigenvalue weighted by Crippen LogP contribution is -2.32. The van der Waals surface area contributed by atoms with E-state index in [0.29, 0.717) is 16.1 Å². The number of likely N-dealkylation sites (tertiary alicyclic amines) is 3. The lowest BCUT2D eigenvalue weighted by Gasteiger charge is -2.24. The first-order valence-electron chi connectivity index (χ1n) is 25.9. The van der Waals surface area contributed by atoms with Gasteiger partial charge in [0.05, 0.1) is 54.1 Å². The number of hydrogen-bond donors (Lipinski definition) is 1. The summed E-state index contributed by atoms with van der Waals surface area (Å²) in [7, 11) is 10.3. The highest BCUT2D eigenvalue weighted by molar-refractivity contribution is 8.15. The Hall–Kier alpha value is -1.99. The summed E-state index contributed by atoms with van der Waals surface area (Å²) in [4.78, 5) is 32.8. The average molecular weight is 1110 g/mol. The predicted octanol–water partition coefficient (Wildman–Crippen LogP) is 9.84. The van der Waals surface area contributed by atoms with Gasteiger partial charge in [0.2, 0.25) is 0 Å². The summed E-state index contributed by atoms with van der Waals surface area (Å²) in [5, 5.41) is 4.15.